The summed E-state index contributed by atoms with van der Waals surface area (Å²) in [6, 6.07) is 0. The van der Waals surface area contributed by atoms with E-state index in [9.17, 15) is 8.78 Å². The van der Waals surface area contributed by atoms with Crippen LogP contribution in [-0.4, -0.2) is 34.0 Å². The number of hydrogen-bond donors (Lipinski definition) is 1. The minimum absolute atomic E-state index is 0.269. The van der Waals surface area contributed by atoms with Crippen molar-refractivity contribution in [2.24, 2.45) is 5.92 Å². The Hall–Kier alpha value is -1.72. The van der Waals surface area contributed by atoms with Gasteiger partial charge in [0.1, 0.15) is 17.8 Å². The average molecular weight is 266 g/mol. The van der Waals surface area contributed by atoms with Gasteiger partial charge in [-0.1, -0.05) is 13.8 Å². The number of aromatic amines is 1. The van der Waals surface area contributed by atoms with Crippen LogP contribution in [0.2, 0.25) is 0 Å². The first-order valence-corrected chi connectivity index (χ1v) is 6.46. The Morgan fingerprint density at radius 2 is 2.26 bits per heavy atom. The minimum Gasteiger partial charge on any atom is -0.349 e. The van der Waals surface area contributed by atoms with Crippen LogP contribution in [0, 0.1) is 5.92 Å². The predicted molar refractivity (Wildman–Crippen MR) is 69.6 cm³/mol. The summed E-state index contributed by atoms with van der Waals surface area (Å²) >= 11 is 0. The number of nitrogens with one attached hydrogen (secondary N) is 1. The van der Waals surface area contributed by atoms with E-state index in [1.807, 2.05) is 13.1 Å². The van der Waals surface area contributed by atoms with E-state index in [2.05, 4.69) is 15.0 Å². The van der Waals surface area contributed by atoms with Crippen LogP contribution in [0.5, 0.6) is 0 Å². The molecule has 0 amide bonds. The number of aryl methyl sites for hydroxylation is 1. The van der Waals surface area contributed by atoms with Crippen molar-refractivity contribution in [2.75, 3.05) is 18.0 Å². The Labute approximate surface area is 109 Å². The summed E-state index contributed by atoms with van der Waals surface area (Å²) in [5, 5.41) is 0.870. The lowest BCUT2D eigenvalue weighted by molar-refractivity contribution is -0.0137. The van der Waals surface area contributed by atoms with Gasteiger partial charge < -0.3 is 9.88 Å². The van der Waals surface area contributed by atoms with Gasteiger partial charge in [0.05, 0.1) is 11.9 Å². The summed E-state index contributed by atoms with van der Waals surface area (Å²) < 4.78 is 27.4. The fourth-order valence-corrected chi connectivity index (χ4v) is 2.63. The van der Waals surface area contributed by atoms with E-state index >= 15 is 0 Å². The van der Waals surface area contributed by atoms with Crippen molar-refractivity contribution in [3.63, 3.8) is 0 Å². The van der Waals surface area contributed by atoms with E-state index in [0.29, 0.717) is 18.0 Å². The van der Waals surface area contributed by atoms with Crippen LogP contribution in [0.4, 0.5) is 14.6 Å². The largest absolute Gasteiger partial charge is 0.349 e. The van der Waals surface area contributed by atoms with E-state index in [-0.39, 0.29) is 6.54 Å². The quantitative estimate of drug-likeness (QED) is 0.908. The first kappa shape index (κ1) is 12.3. The number of aromatic nitrogens is 3. The monoisotopic (exact) mass is 266 g/mol. The number of halogens is 2. The van der Waals surface area contributed by atoms with Crippen LogP contribution in [0.15, 0.2) is 12.5 Å². The molecule has 3 rings (SSSR count). The molecule has 3 heterocycles. The molecule has 1 atom stereocenters. The lowest BCUT2D eigenvalue weighted by Crippen LogP contribution is -2.27. The van der Waals surface area contributed by atoms with Gasteiger partial charge in [-0.25, -0.2) is 18.7 Å². The normalized spacial score (nSPS) is 22.3. The SMILES string of the molecule is CCc1c[nH]c2ncnc(N3CC(C)C(F)(F)C3)c12. The second kappa shape index (κ2) is 4.15. The Morgan fingerprint density at radius 3 is 2.89 bits per heavy atom. The molecule has 2 aromatic rings. The second-order valence-electron chi connectivity index (χ2n) is 5.13. The van der Waals surface area contributed by atoms with E-state index < -0.39 is 11.8 Å². The second-order valence-corrected chi connectivity index (χ2v) is 5.13. The van der Waals surface area contributed by atoms with Gasteiger partial charge in [-0.3, -0.25) is 0 Å². The van der Waals surface area contributed by atoms with E-state index in [0.717, 1.165) is 17.4 Å². The summed E-state index contributed by atoms with van der Waals surface area (Å²) in [7, 11) is 0. The molecule has 1 aliphatic heterocycles. The molecule has 19 heavy (non-hydrogen) atoms. The summed E-state index contributed by atoms with van der Waals surface area (Å²) in [4.78, 5) is 13.1. The Bertz CT molecular complexity index is 608. The first-order valence-electron chi connectivity index (χ1n) is 6.46. The molecule has 1 aliphatic rings. The smallest absolute Gasteiger partial charge is 0.269 e. The number of fused-ring (bicyclic) bond motifs is 1. The molecule has 0 aromatic carbocycles. The zero-order valence-corrected chi connectivity index (χ0v) is 11.0. The first-order chi connectivity index (χ1) is 9.03. The van der Waals surface area contributed by atoms with Crippen LogP contribution in [-0.2, 0) is 6.42 Å². The molecule has 102 valence electrons. The lowest BCUT2D eigenvalue weighted by Gasteiger charge is -2.18. The molecular weight excluding hydrogens is 250 g/mol. The number of nitrogens with zero attached hydrogens (tertiary/aromatic N) is 3. The summed E-state index contributed by atoms with van der Waals surface area (Å²) in [5.41, 5.74) is 1.78. The molecule has 1 N–H and O–H groups in total. The highest BCUT2D eigenvalue weighted by Crippen LogP contribution is 2.37. The molecule has 0 radical (unpaired) electrons. The zero-order chi connectivity index (χ0) is 13.6. The van der Waals surface area contributed by atoms with Crippen LogP contribution in [0.25, 0.3) is 11.0 Å². The Kier molecular flexibility index (Phi) is 2.69. The molecule has 0 spiro atoms. The van der Waals surface area contributed by atoms with Gasteiger partial charge in [-0.15, -0.1) is 0 Å². The van der Waals surface area contributed by atoms with E-state index in [1.165, 1.54) is 6.33 Å². The molecule has 1 fully saturated rings. The van der Waals surface area contributed by atoms with Gasteiger partial charge in [0.25, 0.3) is 5.92 Å². The van der Waals surface area contributed by atoms with Crippen molar-refractivity contribution in [2.45, 2.75) is 26.2 Å². The standard InChI is InChI=1S/C13H16F2N4/c1-3-9-4-16-11-10(9)12(18-7-17-11)19-5-8(2)13(14,15)6-19/h4,7-8H,3,5-6H2,1-2H3,(H,16,17,18). The van der Waals surface area contributed by atoms with Crippen LogP contribution in [0.1, 0.15) is 19.4 Å². The molecule has 0 saturated carbocycles. The van der Waals surface area contributed by atoms with Gasteiger partial charge in [-0.2, -0.15) is 0 Å². The van der Waals surface area contributed by atoms with Crippen LogP contribution >= 0.6 is 0 Å². The van der Waals surface area contributed by atoms with Gasteiger partial charge in [0, 0.05) is 18.7 Å². The third-order valence-corrected chi connectivity index (χ3v) is 3.83. The highest BCUT2D eigenvalue weighted by atomic mass is 19.3. The number of alkyl halides is 2. The molecule has 1 unspecified atom stereocenters. The predicted octanol–water partition coefficient (Wildman–Crippen LogP) is 2.61. The van der Waals surface area contributed by atoms with Gasteiger partial charge in [-0.05, 0) is 12.0 Å². The number of H-pyrrole nitrogens is 1. The zero-order valence-electron chi connectivity index (χ0n) is 11.0. The van der Waals surface area contributed by atoms with E-state index in [4.69, 9.17) is 0 Å². The van der Waals surface area contributed by atoms with Crippen molar-refractivity contribution in [3.05, 3.63) is 18.1 Å². The van der Waals surface area contributed by atoms with Crippen LogP contribution in [0.3, 0.4) is 0 Å². The van der Waals surface area contributed by atoms with Crippen LogP contribution < -0.4 is 4.90 Å². The summed E-state index contributed by atoms with van der Waals surface area (Å²) in [6.45, 7) is 3.67. The van der Waals surface area contributed by atoms with Gasteiger partial charge in [0.2, 0.25) is 0 Å². The highest BCUT2D eigenvalue weighted by Gasteiger charge is 2.46. The summed E-state index contributed by atoms with van der Waals surface area (Å²) in [5.74, 6) is -2.69. The van der Waals surface area contributed by atoms with Crippen molar-refractivity contribution >= 4 is 16.9 Å². The van der Waals surface area contributed by atoms with Crippen molar-refractivity contribution in [3.8, 4) is 0 Å². The maximum Gasteiger partial charge on any atom is 0.269 e. The molecule has 4 nitrogen and oxygen atoms in total. The van der Waals surface area contributed by atoms with Gasteiger partial charge in [0.15, 0.2) is 0 Å². The van der Waals surface area contributed by atoms with Crippen molar-refractivity contribution in [1.82, 2.24) is 15.0 Å². The minimum atomic E-state index is -2.65. The molecular formula is C13H16F2N4. The van der Waals surface area contributed by atoms with Crippen molar-refractivity contribution < 1.29 is 8.78 Å². The average Bonchev–Trinajstić information content (AvgIpc) is 2.90. The van der Waals surface area contributed by atoms with Gasteiger partial charge >= 0.3 is 0 Å². The number of hydrogen-bond acceptors (Lipinski definition) is 3. The molecule has 1 saturated heterocycles. The third kappa shape index (κ3) is 1.86. The molecule has 0 bridgehead atoms. The summed E-state index contributed by atoms with van der Waals surface area (Å²) in [6.07, 6.45) is 4.12. The third-order valence-electron chi connectivity index (χ3n) is 3.83. The molecule has 6 heteroatoms. The topological polar surface area (TPSA) is 44.8 Å². The fraction of sp³-hybridized carbons (Fsp3) is 0.538. The fourth-order valence-electron chi connectivity index (χ4n) is 2.63. The molecule has 2 aromatic heterocycles. The lowest BCUT2D eigenvalue weighted by atomic mass is 10.1. The number of anilines is 1. The maximum absolute atomic E-state index is 13.7. The Balaban J connectivity index is 2.08. The van der Waals surface area contributed by atoms with Crippen molar-refractivity contribution in [1.29, 1.82) is 0 Å². The Morgan fingerprint density at radius 1 is 1.47 bits per heavy atom. The highest BCUT2D eigenvalue weighted by molar-refractivity contribution is 5.91. The molecule has 0 aliphatic carbocycles. The van der Waals surface area contributed by atoms with E-state index in [1.54, 1.807) is 11.8 Å². The number of rotatable bonds is 2. The maximum atomic E-state index is 13.7.